The van der Waals surface area contributed by atoms with E-state index in [1.54, 1.807) is 13.0 Å². The SMILES string of the molecule is CCOC(=O)C1=C(O)/C(=C\c2ccc(O)cc2OC)SC1=Nc1cccc(C(F)(F)F)c1. The number of esters is 1. The van der Waals surface area contributed by atoms with Crippen LogP contribution in [0.2, 0.25) is 0 Å². The molecule has 0 spiro atoms. The summed E-state index contributed by atoms with van der Waals surface area (Å²) in [5.41, 5.74) is -0.695. The van der Waals surface area contributed by atoms with Crippen molar-refractivity contribution < 1.29 is 37.7 Å². The first-order chi connectivity index (χ1) is 15.1. The minimum Gasteiger partial charge on any atom is -0.508 e. The number of thioether (sulfide) groups is 1. The van der Waals surface area contributed by atoms with Gasteiger partial charge in [-0.3, -0.25) is 0 Å². The van der Waals surface area contributed by atoms with Gasteiger partial charge in [0.15, 0.2) is 0 Å². The molecule has 10 heteroatoms. The predicted octanol–water partition coefficient (Wildman–Crippen LogP) is 5.61. The lowest BCUT2D eigenvalue weighted by Gasteiger charge is -2.07. The van der Waals surface area contributed by atoms with Crippen LogP contribution in [0.5, 0.6) is 11.5 Å². The van der Waals surface area contributed by atoms with Crippen LogP contribution in [0.1, 0.15) is 18.1 Å². The van der Waals surface area contributed by atoms with Crippen molar-refractivity contribution in [3.05, 3.63) is 69.8 Å². The highest BCUT2D eigenvalue weighted by Crippen LogP contribution is 2.42. The molecule has 168 valence electrons. The van der Waals surface area contributed by atoms with E-state index in [0.29, 0.717) is 11.3 Å². The standard InChI is InChI=1S/C22H18F3NO5S/c1-3-31-21(29)18-19(28)17(9-12-7-8-15(27)11-16(12)30-2)32-20(18)26-14-6-4-5-13(10-14)22(23,24)25/h4-11,27-28H,3H2,1-2H3/b17-9+,26-20?. The summed E-state index contributed by atoms with van der Waals surface area (Å²) >= 11 is 0.894. The van der Waals surface area contributed by atoms with Crippen LogP contribution in [0.4, 0.5) is 18.9 Å². The van der Waals surface area contributed by atoms with E-state index in [2.05, 4.69) is 4.99 Å². The molecule has 1 aliphatic rings. The van der Waals surface area contributed by atoms with Crippen molar-refractivity contribution in [2.75, 3.05) is 13.7 Å². The summed E-state index contributed by atoms with van der Waals surface area (Å²) in [4.78, 5) is 16.8. The van der Waals surface area contributed by atoms with Crippen LogP contribution in [0.3, 0.4) is 0 Å². The molecule has 0 unspecified atom stereocenters. The number of phenolic OH excluding ortho intramolecular Hbond substituents is 1. The number of hydrogen-bond donors (Lipinski definition) is 2. The van der Waals surface area contributed by atoms with Gasteiger partial charge in [-0.25, -0.2) is 9.79 Å². The zero-order valence-corrected chi connectivity index (χ0v) is 17.8. The number of aliphatic hydroxyl groups excluding tert-OH is 1. The first kappa shape index (κ1) is 23.3. The lowest BCUT2D eigenvalue weighted by Crippen LogP contribution is -2.13. The summed E-state index contributed by atoms with van der Waals surface area (Å²) in [6.07, 6.45) is -3.05. The number of nitrogens with zero attached hydrogens (tertiary/aromatic N) is 1. The van der Waals surface area contributed by atoms with E-state index in [1.165, 1.54) is 37.5 Å². The van der Waals surface area contributed by atoms with Gasteiger partial charge < -0.3 is 19.7 Å². The highest BCUT2D eigenvalue weighted by Gasteiger charge is 2.34. The van der Waals surface area contributed by atoms with Crippen LogP contribution >= 0.6 is 11.8 Å². The van der Waals surface area contributed by atoms with Crippen molar-refractivity contribution in [2.24, 2.45) is 4.99 Å². The van der Waals surface area contributed by atoms with Gasteiger partial charge in [-0.2, -0.15) is 13.2 Å². The largest absolute Gasteiger partial charge is 0.508 e. The second kappa shape index (κ2) is 9.39. The summed E-state index contributed by atoms with van der Waals surface area (Å²) in [7, 11) is 1.40. The van der Waals surface area contributed by atoms with Gasteiger partial charge in [-0.05, 0) is 43.3 Å². The maximum Gasteiger partial charge on any atom is 0.416 e. The van der Waals surface area contributed by atoms with Crippen molar-refractivity contribution in [3.63, 3.8) is 0 Å². The van der Waals surface area contributed by atoms with Gasteiger partial charge in [0.2, 0.25) is 0 Å². The average molecular weight is 465 g/mol. The zero-order chi connectivity index (χ0) is 23.5. The van der Waals surface area contributed by atoms with Crippen molar-refractivity contribution in [1.82, 2.24) is 0 Å². The van der Waals surface area contributed by atoms with Crippen molar-refractivity contribution in [3.8, 4) is 11.5 Å². The van der Waals surface area contributed by atoms with Crippen LogP contribution < -0.4 is 4.74 Å². The minimum atomic E-state index is -4.55. The summed E-state index contributed by atoms with van der Waals surface area (Å²) in [5.74, 6) is -0.993. The van der Waals surface area contributed by atoms with Crippen LogP contribution in [0.15, 0.2) is 63.7 Å². The number of aliphatic hydroxyl groups is 1. The smallest absolute Gasteiger partial charge is 0.416 e. The van der Waals surface area contributed by atoms with E-state index < -0.39 is 23.5 Å². The third kappa shape index (κ3) is 5.08. The second-order valence-electron chi connectivity index (χ2n) is 6.45. The number of benzene rings is 2. The Morgan fingerprint density at radius 1 is 1.19 bits per heavy atom. The summed E-state index contributed by atoms with van der Waals surface area (Å²) in [5, 5.41) is 20.3. The van der Waals surface area contributed by atoms with E-state index >= 15 is 0 Å². The van der Waals surface area contributed by atoms with Gasteiger partial charge in [0, 0.05) is 11.6 Å². The molecule has 32 heavy (non-hydrogen) atoms. The molecule has 0 fully saturated rings. The maximum atomic E-state index is 13.0. The molecule has 1 heterocycles. The topological polar surface area (TPSA) is 88.4 Å². The molecule has 0 atom stereocenters. The number of phenols is 1. The molecule has 0 aromatic heterocycles. The monoisotopic (exact) mass is 465 g/mol. The Morgan fingerprint density at radius 3 is 2.59 bits per heavy atom. The number of aliphatic imine (C=N–C) groups is 1. The van der Waals surface area contributed by atoms with E-state index in [1.807, 2.05) is 0 Å². The number of aromatic hydroxyl groups is 1. The van der Waals surface area contributed by atoms with Gasteiger partial charge in [0.05, 0.1) is 29.9 Å². The van der Waals surface area contributed by atoms with Crippen LogP contribution in [-0.4, -0.2) is 34.9 Å². The molecule has 0 aliphatic carbocycles. The Labute approximate surface area is 185 Å². The first-order valence-corrected chi connectivity index (χ1v) is 10.1. The second-order valence-corrected chi connectivity index (χ2v) is 7.48. The molecule has 1 aliphatic heterocycles. The third-order valence-corrected chi connectivity index (χ3v) is 5.30. The highest BCUT2D eigenvalue weighted by molar-refractivity contribution is 8.18. The minimum absolute atomic E-state index is 0.00994. The fourth-order valence-electron chi connectivity index (χ4n) is 2.82. The Morgan fingerprint density at radius 2 is 1.94 bits per heavy atom. The Bertz CT molecular complexity index is 1140. The lowest BCUT2D eigenvalue weighted by atomic mass is 10.1. The fourth-order valence-corrected chi connectivity index (χ4v) is 3.85. The molecular weight excluding hydrogens is 447 g/mol. The van der Waals surface area contributed by atoms with Gasteiger partial charge in [0.1, 0.15) is 27.9 Å². The molecular formula is C22H18F3NO5S. The number of carbonyl (C=O) groups excluding carboxylic acids is 1. The Kier molecular flexibility index (Phi) is 6.83. The van der Waals surface area contributed by atoms with E-state index in [4.69, 9.17) is 9.47 Å². The fraction of sp³-hybridized carbons (Fsp3) is 0.182. The molecule has 0 amide bonds. The normalized spacial score (nSPS) is 16.7. The summed E-state index contributed by atoms with van der Waals surface area (Å²) in [6, 6.07) is 8.64. The Balaban J connectivity index is 2.08. The average Bonchev–Trinajstić information content (AvgIpc) is 3.03. The van der Waals surface area contributed by atoms with E-state index in [9.17, 15) is 28.2 Å². The summed E-state index contributed by atoms with van der Waals surface area (Å²) < 4.78 is 49.3. The Hall–Kier alpha value is -3.40. The van der Waals surface area contributed by atoms with Crippen LogP contribution in [0, 0.1) is 0 Å². The number of rotatable bonds is 5. The van der Waals surface area contributed by atoms with Gasteiger partial charge >= 0.3 is 12.1 Å². The molecule has 2 aromatic rings. The predicted molar refractivity (Wildman–Crippen MR) is 115 cm³/mol. The third-order valence-electron chi connectivity index (χ3n) is 4.28. The molecule has 0 bridgehead atoms. The number of halogens is 3. The molecule has 3 rings (SSSR count). The summed E-state index contributed by atoms with van der Waals surface area (Å²) in [6.45, 7) is 1.61. The number of methoxy groups -OCH3 is 1. The van der Waals surface area contributed by atoms with Gasteiger partial charge in [0.25, 0.3) is 0 Å². The molecule has 0 saturated carbocycles. The van der Waals surface area contributed by atoms with Crippen LogP contribution in [-0.2, 0) is 15.7 Å². The lowest BCUT2D eigenvalue weighted by molar-refractivity contribution is -0.138. The first-order valence-electron chi connectivity index (χ1n) is 9.27. The van der Waals surface area contributed by atoms with Gasteiger partial charge in [-0.15, -0.1) is 0 Å². The number of carbonyl (C=O) groups is 1. The maximum absolute atomic E-state index is 13.0. The van der Waals surface area contributed by atoms with Crippen LogP contribution in [0.25, 0.3) is 6.08 Å². The molecule has 0 radical (unpaired) electrons. The molecule has 2 aromatic carbocycles. The quantitative estimate of drug-likeness (QED) is 0.558. The van der Waals surface area contributed by atoms with Crippen molar-refractivity contribution in [2.45, 2.75) is 13.1 Å². The van der Waals surface area contributed by atoms with E-state index in [-0.39, 0.29) is 33.6 Å². The van der Waals surface area contributed by atoms with Crippen molar-refractivity contribution >= 4 is 34.5 Å². The van der Waals surface area contributed by atoms with E-state index in [0.717, 1.165) is 23.9 Å². The molecule has 0 saturated heterocycles. The highest BCUT2D eigenvalue weighted by atomic mass is 32.2. The number of ether oxygens (including phenoxy) is 2. The number of hydrogen-bond acceptors (Lipinski definition) is 7. The van der Waals surface area contributed by atoms with Gasteiger partial charge in [-0.1, -0.05) is 17.8 Å². The zero-order valence-electron chi connectivity index (χ0n) is 16.9. The molecule has 6 nitrogen and oxygen atoms in total. The number of alkyl halides is 3. The molecule has 2 N–H and O–H groups in total. The van der Waals surface area contributed by atoms with Crippen molar-refractivity contribution in [1.29, 1.82) is 0 Å².